The summed E-state index contributed by atoms with van der Waals surface area (Å²) < 4.78 is 0. The summed E-state index contributed by atoms with van der Waals surface area (Å²) in [6, 6.07) is 0.410. The Labute approximate surface area is 82.7 Å². The topological polar surface area (TPSA) is 32.3 Å². The number of rotatable bonds is 5. The fourth-order valence-corrected chi connectivity index (χ4v) is 1.03. The van der Waals surface area contributed by atoms with Crippen LogP contribution in [0.1, 0.15) is 41.0 Å². The van der Waals surface area contributed by atoms with Crippen molar-refractivity contribution in [1.29, 1.82) is 0 Å². The summed E-state index contributed by atoms with van der Waals surface area (Å²) in [6.45, 7) is 12.2. The van der Waals surface area contributed by atoms with Gasteiger partial charge in [-0.05, 0) is 31.2 Å². The largest absolute Gasteiger partial charge is 0.396 e. The first-order valence-corrected chi connectivity index (χ1v) is 5.21. The lowest BCUT2D eigenvalue weighted by Crippen LogP contribution is -2.35. The van der Waals surface area contributed by atoms with E-state index < -0.39 is 0 Å². The van der Waals surface area contributed by atoms with Crippen molar-refractivity contribution in [2.24, 2.45) is 11.3 Å². The van der Waals surface area contributed by atoms with Crippen LogP contribution in [0.4, 0.5) is 0 Å². The van der Waals surface area contributed by atoms with Gasteiger partial charge in [0.2, 0.25) is 0 Å². The summed E-state index contributed by atoms with van der Waals surface area (Å²) in [5.74, 6) is 0.347. The molecule has 13 heavy (non-hydrogen) atoms. The predicted molar refractivity (Wildman–Crippen MR) is 57.8 cm³/mol. The molecule has 2 N–H and O–H groups in total. The molecule has 0 fully saturated rings. The molecule has 2 atom stereocenters. The average Bonchev–Trinajstić information content (AvgIpc) is 2.00. The molecular weight excluding hydrogens is 162 g/mol. The zero-order chi connectivity index (χ0) is 10.5. The van der Waals surface area contributed by atoms with Crippen molar-refractivity contribution in [3.63, 3.8) is 0 Å². The fraction of sp³-hybridized carbons (Fsp3) is 1.00. The van der Waals surface area contributed by atoms with Gasteiger partial charge < -0.3 is 10.4 Å². The Morgan fingerprint density at radius 2 is 1.77 bits per heavy atom. The van der Waals surface area contributed by atoms with Crippen molar-refractivity contribution in [2.75, 3.05) is 13.2 Å². The van der Waals surface area contributed by atoms with E-state index in [0.29, 0.717) is 17.4 Å². The molecular formula is C11H25NO. The molecule has 0 radical (unpaired) electrons. The van der Waals surface area contributed by atoms with E-state index in [0.717, 1.165) is 6.54 Å². The first kappa shape index (κ1) is 12.9. The second-order valence-electron chi connectivity index (χ2n) is 5.21. The van der Waals surface area contributed by atoms with E-state index in [1.54, 1.807) is 0 Å². The molecule has 0 amide bonds. The summed E-state index contributed by atoms with van der Waals surface area (Å²) in [6.07, 6.45) is 1.18. The molecule has 2 unspecified atom stereocenters. The molecule has 0 heterocycles. The van der Waals surface area contributed by atoms with Gasteiger partial charge in [0, 0.05) is 12.6 Å². The molecule has 0 aliphatic carbocycles. The number of aliphatic hydroxyl groups is 1. The van der Waals surface area contributed by atoms with Crippen LogP contribution >= 0.6 is 0 Å². The van der Waals surface area contributed by atoms with E-state index >= 15 is 0 Å². The van der Waals surface area contributed by atoms with Crippen LogP contribution in [0, 0.1) is 11.3 Å². The molecule has 2 nitrogen and oxygen atoms in total. The van der Waals surface area contributed by atoms with E-state index in [9.17, 15) is 0 Å². The molecule has 2 heteroatoms. The van der Waals surface area contributed by atoms with Crippen molar-refractivity contribution < 1.29 is 5.11 Å². The van der Waals surface area contributed by atoms with Crippen LogP contribution in [0.5, 0.6) is 0 Å². The Morgan fingerprint density at radius 1 is 1.23 bits per heavy atom. The van der Waals surface area contributed by atoms with E-state index in [-0.39, 0.29) is 6.61 Å². The summed E-state index contributed by atoms with van der Waals surface area (Å²) >= 11 is 0. The van der Waals surface area contributed by atoms with Crippen LogP contribution in [0.2, 0.25) is 0 Å². The normalized spacial score (nSPS) is 17.1. The van der Waals surface area contributed by atoms with Gasteiger partial charge >= 0.3 is 0 Å². The van der Waals surface area contributed by atoms with Gasteiger partial charge in [0.15, 0.2) is 0 Å². The third-order valence-electron chi connectivity index (χ3n) is 2.48. The molecule has 0 aromatic carbocycles. The van der Waals surface area contributed by atoms with Crippen molar-refractivity contribution in [2.45, 2.75) is 47.1 Å². The Kier molecular flexibility index (Phi) is 5.57. The van der Waals surface area contributed by atoms with Crippen LogP contribution in [-0.4, -0.2) is 24.3 Å². The van der Waals surface area contributed by atoms with Gasteiger partial charge in [0.1, 0.15) is 0 Å². The van der Waals surface area contributed by atoms with Crippen molar-refractivity contribution >= 4 is 0 Å². The number of hydrogen-bond donors (Lipinski definition) is 2. The quantitative estimate of drug-likeness (QED) is 0.690. The second-order valence-corrected chi connectivity index (χ2v) is 5.21. The van der Waals surface area contributed by atoms with Gasteiger partial charge in [-0.1, -0.05) is 27.7 Å². The highest BCUT2D eigenvalue weighted by Gasteiger charge is 2.13. The maximum Gasteiger partial charge on any atom is 0.0471 e. The van der Waals surface area contributed by atoms with Gasteiger partial charge in [-0.25, -0.2) is 0 Å². The lowest BCUT2D eigenvalue weighted by atomic mass is 9.92. The highest BCUT2D eigenvalue weighted by Crippen LogP contribution is 2.17. The molecule has 0 aliphatic heterocycles. The van der Waals surface area contributed by atoms with Crippen molar-refractivity contribution in [1.82, 2.24) is 5.32 Å². The van der Waals surface area contributed by atoms with Gasteiger partial charge in [-0.15, -0.1) is 0 Å². The van der Waals surface area contributed by atoms with Gasteiger partial charge in [0.25, 0.3) is 0 Å². The van der Waals surface area contributed by atoms with Gasteiger partial charge in [-0.3, -0.25) is 0 Å². The zero-order valence-corrected chi connectivity index (χ0v) is 9.72. The van der Waals surface area contributed by atoms with E-state index in [4.69, 9.17) is 5.11 Å². The highest BCUT2D eigenvalue weighted by molar-refractivity contribution is 4.70. The fourth-order valence-electron chi connectivity index (χ4n) is 1.03. The van der Waals surface area contributed by atoms with Crippen LogP contribution in [-0.2, 0) is 0 Å². The highest BCUT2D eigenvalue weighted by atomic mass is 16.3. The molecule has 0 aromatic heterocycles. The minimum absolute atomic E-state index is 0.268. The van der Waals surface area contributed by atoms with Crippen LogP contribution in [0.25, 0.3) is 0 Å². The molecule has 0 aromatic rings. The lowest BCUT2D eigenvalue weighted by Gasteiger charge is -2.23. The number of aliphatic hydroxyl groups excluding tert-OH is 1. The maximum absolute atomic E-state index is 8.92. The molecule has 0 aliphatic rings. The summed E-state index contributed by atoms with van der Waals surface area (Å²) in [4.78, 5) is 0. The minimum Gasteiger partial charge on any atom is -0.396 e. The van der Waals surface area contributed by atoms with Crippen LogP contribution in [0.15, 0.2) is 0 Å². The first-order chi connectivity index (χ1) is 5.87. The predicted octanol–water partition coefficient (Wildman–Crippen LogP) is 2.03. The molecule has 0 spiro atoms. The molecule has 0 rings (SSSR count). The SMILES string of the molecule is CC(CO)C(C)NCCC(C)(C)C. The number of nitrogens with one attached hydrogen (secondary N) is 1. The minimum atomic E-state index is 0.268. The van der Waals surface area contributed by atoms with E-state index in [2.05, 4.69) is 39.9 Å². The molecule has 0 bridgehead atoms. The summed E-state index contributed by atoms with van der Waals surface area (Å²) in [5.41, 5.74) is 0.398. The van der Waals surface area contributed by atoms with Gasteiger partial charge in [-0.2, -0.15) is 0 Å². The lowest BCUT2D eigenvalue weighted by molar-refractivity contribution is 0.204. The Balaban J connectivity index is 3.53. The smallest absolute Gasteiger partial charge is 0.0471 e. The average molecular weight is 187 g/mol. The maximum atomic E-state index is 8.92. The third-order valence-corrected chi connectivity index (χ3v) is 2.48. The summed E-state index contributed by atoms with van der Waals surface area (Å²) in [5, 5.41) is 12.4. The molecule has 80 valence electrons. The van der Waals surface area contributed by atoms with Crippen LogP contribution in [0.3, 0.4) is 0 Å². The Bertz CT molecular complexity index is 129. The van der Waals surface area contributed by atoms with Gasteiger partial charge in [0.05, 0.1) is 0 Å². The Morgan fingerprint density at radius 3 is 2.15 bits per heavy atom. The zero-order valence-electron chi connectivity index (χ0n) is 9.72. The van der Waals surface area contributed by atoms with E-state index in [1.165, 1.54) is 6.42 Å². The standard InChI is InChI=1S/C11H25NO/c1-9(8-13)10(2)12-7-6-11(3,4)5/h9-10,12-13H,6-8H2,1-5H3. The first-order valence-electron chi connectivity index (χ1n) is 5.21. The second kappa shape index (κ2) is 5.61. The van der Waals surface area contributed by atoms with Crippen molar-refractivity contribution in [3.05, 3.63) is 0 Å². The monoisotopic (exact) mass is 187 g/mol. The third kappa shape index (κ3) is 7.03. The Hall–Kier alpha value is -0.0800. The van der Waals surface area contributed by atoms with E-state index in [1.807, 2.05) is 0 Å². The number of hydrogen-bond acceptors (Lipinski definition) is 2. The van der Waals surface area contributed by atoms with Crippen molar-refractivity contribution in [3.8, 4) is 0 Å². The van der Waals surface area contributed by atoms with Crippen LogP contribution < -0.4 is 5.32 Å². The molecule has 0 saturated carbocycles. The summed E-state index contributed by atoms with van der Waals surface area (Å²) in [7, 11) is 0. The molecule has 0 saturated heterocycles.